The van der Waals surface area contributed by atoms with Crippen molar-refractivity contribution in [2.45, 2.75) is 0 Å². The molecule has 5 heteroatoms. The third-order valence-corrected chi connectivity index (χ3v) is 1.43. The van der Waals surface area contributed by atoms with E-state index in [1.54, 1.807) is 0 Å². The molecule has 5 nitrogen and oxygen atoms in total. The summed E-state index contributed by atoms with van der Waals surface area (Å²) >= 11 is 0. The third kappa shape index (κ3) is 1.96. The van der Waals surface area contributed by atoms with E-state index in [9.17, 15) is 4.79 Å². The Morgan fingerprint density at radius 1 is 1.31 bits per heavy atom. The first kappa shape index (κ1) is 9.05. The lowest BCUT2D eigenvalue weighted by atomic mass is 10.1. The number of hydrogen-bond donors (Lipinski definition) is 3. The minimum atomic E-state index is -0.558. The van der Waals surface area contributed by atoms with Gasteiger partial charge in [-0.1, -0.05) is 5.16 Å². The van der Waals surface area contributed by atoms with Crippen LogP contribution in [-0.4, -0.2) is 27.4 Å². The second-order valence-corrected chi connectivity index (χ2v) is 2.31. The molecule has 1 rings (SSSR count). The molecule has 1 aromatic carbocycles. The molecule has 0 spiro atoms. The molecule has 0 unspecified atom stereocenters. The zero-order valence-corrected chi connectivity index (χ0v) is 6.51. The van der Waals surface area contributed by atoms with E-state index in [1.807, 2.05) is 0 Å². The minimum absolute atomic E-state index is 0.133. The average Bonchev–Trinajstić information content (AvgIpc) is 2.10. The second kappa shape index (κ2) is 3.57. The molecule has 0 heterocycles. The lowest BCUT2D eigenvalue weighted by molar-refractivity contribution is 0.106. The monoisotopic (exact) mass is 181 g/mol. The topological polar surface area (TPSA) is 90.1 Å². The maximum atomic E-state index is 11.0. The van der Waals surface area contributed by atoms with Gasteiger partial charge in [0.2, 0.25) is 5.78 Å². The van der Waals surface area contributed by atoms with E-state index < -0.39 is 11.5 Å². The van der Waals surface area contributed by atoms with Crippen molar-refractivity contribution in [3.8, 4) is 11.5 Å². The quantitative estimate of drug-likeness (QED) is 0.206. The van der Waals surface area contributed by atoms with Gasteiger partial charge in [-0.3, -0.25) is 4.79 Å². The van der Waals surface area contributed by atoms with Gasteiger partial charge in [-0.25, -0.2) is 0 Å². The molecule has 0 fully saturated rings. The highest BCUT2D eigenvalue weighted by molar-refractivity contribution is 6.35. The lowest BCUT2D eigenvalue weighted by Crippen LogP contribution is -1.99. The number of phenolic OH excluding ortho intramolecular Hbond substituents is 2. The number of aromatic hydroxyl groups is 2. The summed E-state index contributed by atoms with van der Waals surface area (Å²) in [5.74, 6) is -1.26. The summed E-state index contributed by atoms with van der Waals surface area (Å²) in [6.45, 7) is 0. The first-order valence-corrected chi connectivity index (χ1v) is 3.39. The standard InChI is InChI=1S/C8H7NO4/c10-6-2-1-5(3-7(6)11)8(12)4-9-13/h1-4,10-11,13H/b9-4+. The molecule has 0 radical (unpaired) electrons. The first-order valence-electron chi connectivity index (χ1n) is 3.39. The Kier molecular flexibility index (Phi) is 2.49. The Labute approximate surface area is 73.6 Å². The molecular formula is C8H7NO4. The van der Waals surface area contributed by atoms with Gasteiger partial charge >= 0.3 is 0 Å². The molecule has 68 valence electrons. The van der Waals surface area contributed by atoms with Crippen molar-refractivity contribution in [2.75, 3.05) is 0 Å². The largest absolute Gasteiger partial charge is 0.504 e. The fourth-order valence-corrected chi connectivity index (χ4v) is 0.804. The van der Waals surface area contributed by atoms with Gasteiger partial charge in [-0.2, -0.15) is 0 Å². The summed E-state index contributed by atoms with van der Waals surface area (Å²) in [5, 5.41) is 28.5. The van der Waals surface area contributed by atoms with Crippen LogP contribution in [0, 0.1) is 0 Å². The molecule has 0 bridgehead atoms. The van der Waals surface area contributed by atoms with E-state index in [-0.39, 0.29) is 11.3 Å². The maximum Gasteiger partial charge on any atom is 0.207 e. The Hall–Kier alpha value is -2.04. The summed E-state index contributed by atoms with van der Waals surface area (Å²) in [6.07, 6.45) is 0.700. The predicted octanol–water partition coefficient (Wildman–Crippen LogP) is 0.740. The van der Waals surface area contributed by atoms with E-state index >= 15 is 0 Å². The number of carbonyl (C=O) groups is 1. The highest BCUT2D eigenvalue weighted by Gasteiger charge is 2.06. The number of benzene rings is 1. The zero-order valence-electron chi connectivity index (χ0n) is 6.51. The van der Waals surface area contributed by atoms with Crippen LogP contribution in [0.3, 0.4) is 0 Å². The number of rotatable bonds is 2. The Morgan fingerprint density at radius 3 is 2.54 bits per heavy atom. The summed E-state index contributed by atoms with van der Waals surface area (Å²) in [7, 11) is 0. The molecule has 1 aromatic rings. The average molecular weight is 181 g/mol. The van der Waals surface area contributed by atoms with Crippen molar-refractivity contribution in [3.05, 3.63) is 23.8 Å². The van der Waals surface area contributed by atoms with Crippen molar-refractivity contribution in [3.63, 3.8) is 0 Å². The summed E-state index contributed by atoms with van der Waals surface area (Å²) in [5.41, 5.74) is 0.133. The van der Waals surface area contributed by atoms with Crippen molar-refractivity contribution in [2.24, 2.45) is 5.16 Å². The van der Waals surface area contributed by atoms with E-state index in [4.69, 9.17) is 15.4 Å². The maximum absolute atomic E-state index is 11.0. The van der Waals surface area contributed by atoms with Crippen LogP contribution in [-0.2, 0) is 0 Å². The van der Waals surface area contributed by atoms with Gasteiger partial charge in [0.25, 0.3) is 0 Å². The van der Waals surface area contributed by atoms with E-state index in [0.717, 1.165) is 6.07 Å². The fraction of sp³-hybridized carbons (Fsp3) is 0. The number of ketones is 1. The van der Waals surface area contributed by atoms with Crippen molar-refractivity contribution >= 4 is 12.0 Å². The van der Waals surface area contributed by atoms with Crippen LogP contribution in [0.1, 0.15) is 10.4 Å². The fourth-order valence-electron chi connectivity index (χ4n) is 0.804. The van der Waals surface area contributed by atoms with Gasteiger partial charge in [0.1, 0.15) is 6.21 Å². The molecule has 0 saturated carbocycles. The number of Topliss-reactive ketones (excluding diaryl/α,β-unsaturated/α-hetero) is 1. The van der Waals surface area contributed by atoms with Crippen LogP contribution in [0.2, 0.25) is 0 Å². The van der Waals surface area contributed by atoms with E-state index in [2.05, 4.69) is 5.16 Å². The van der Waals surface area contributed by atoms with Gasteiger partial charge in [-0.05, 0) is 18.2 Å². The highest BCUT2D eigenvalue weighted by atomic mass is 16.4. The third-order valence-electron chi connectivity index (χ3n) is 1.43. The summed E-state index contributed by atoms with van der Waals surface area (Å²) in [4.78, 5) is 11.0. The molecular weight excluding hydrogens is 174 g/mol. The van der Waals surface area contributed by atoms with Gasteiger partial charge < -0.3 is 15.4 Å². The van der Waals surface area contributed by atoms with Gasteiger partial charge in [0, 0.05) is 5.56 Å². The van der Waals surface area contributed by atoms with E-state index in [0.29, 0.717) is 6.21 Å². The predicted molar refractivity (Wildman–Crippen MR) is 44.4 cm³/mol. The Morgan fingerprint density at radius 2 is 2.00 bits per heavy atom. The van der Waals surface area contributed by atoms with Crippen molar-refractivity contribution in [1.29, 1.82) is 0 Å². The highest BCUT2D eigenvalue weighted by Crippen LogP contribution is 2.24. The molecule has 13 heavy (non-hydrogen) atoms. The minimum Gasteiger partial charge on any atom is -0.504 e. The smallest absolute Gasteiger partial charge is 0.207 e. The molecule has 0 amide bonds. The summed E-state index contributed by atoms with van der Waals surface area (Å²) < 4.78 is 0. The van der Waals surface area contributed by atoms with Crippen molar-refractivity contribution in [1.82, 2.24) is 0 Å². The Bertz CT molecular complexity index is 359. The van der Waals surface area contributed by atoms with Crippen molar-refractivity contribution < 1.29 is 20.2 Å². The number of oxime groups is 1. The molecule has 3 N–H and O–H groups in total. The molecule has 0 atom stereocenters. The summed E-state index contributed by atoms with van der Waals surface area (Å²) in [6, 6.07) is 3.56. The number of nitrogens with zero attached hydrogens (tertiary/aromatic N) is 1. The van der Waals surface area contributed by atoms with Crippen LogP contribution in [0.4, 0.5) is 0 Å². The van der Waals surface area contributed by atoms with Crippen LogP contribution < -0.4 is 0 Å². The van der Waals surface area contributed by atoms with Gasteiger partial charge in [-0.15, -0.1) is 0 Å². The molecule has 0 aromatic heterocycles. The Balaban J connectivity index is 3.04. The lowest BCUT2D eigenvalue weighted by Gasteiger charge is -1.98. The number of phenols is 2. The molecule has 0 aliphatic heterocycles. The second-order valence-electron chi connectivity index (χ2n) is 2.31. The molecule has 0 saturated heterocycles. The van der Waals surface area contributed by atoms with Crippen LogP contribution in [0.15, 0.2) is 23.4 Å². The number of carbonyl (C=O) groups excluding carboxylic acids is 1. The van der Waals surface area contributed by atoms with E-state index in [1.165, 1.54) is 12.1 Å². The first-order chi connectivity index (χ1) is 6.15. The SMILES string of the molecule is O=C(/C=N/O)c1ccc(O)c(O)c1. The normalized spacial score (nSPS) is 10.5. The number of hydrogen-bond acceptors (Lipinski definition) is 5. The molecule has 0 aliphatic rings. The van der Waals surface area contributed by atoms with Gasteiger partial charge in [0.15, 0.2) is 11.5 Å². The van der Waals surface area contributed by atoms with Gasteiger partial charge in [0.05, 0.1) is 0 Å². The van der Waals surface area contributed by atoms with Crippen LogP contribution in [0.25, 0.3) is 0 Å². The van der Waals surface area contributed by atoms with Crippen LogP contribution in [0.5, 0.6) is 11.5 Å². The zero-order chi connectivity index (χ0) is 9.84. The van der Waals surface area contributed by atoms with Crippen LogP contribution >= 0.6 is 0 Å². The molecule has 0 aliphatic carbocycles.